The van der Waals surface area contributed by atoms with Crippen LogP contribution in [-0.4, -0.2) is 6.04 Å². The van der Waals surface area contributed by atoms with Crippen LogP contribution in [0.15, 0.2) is 57.5 Å². The Balaban J connectivity index is 1.97. The van der Waals surface area contributed by atoms with Crippen molar-refractivity contribution in [2.45, 2.75) is 6.04 Å². The van der Waals surface area contributed by atoms with Gasteiger partial charge in [0.2, 0.25) is 5.88 Å². The minimum atomic E-state index is 0.0183. The highest BCUT2D eigenvalue weighted by atomic mass is 35.5. The summed E-state index contributed by atoms with van der Waals surface area (Å²) in [5.41, 5.74) is 3.17. The molecule has 18 heavy (non-hydrogen) atoms. The number of allylic oxidation sites excluding steroid dienone is 2. The Morgan fingerprint density at radius 1 is 1.22 bits per heavy atom. The molecule has 1 atom stereocenters. The second kappa shape index (κ2) is 3.53. The van der Waals surface area contributed by atoms with Gasteiger partial charge in [0.15, 0.2) is 0 Å². The molecule has 4 rings (SSSR count). The van der Waals surface area contributed by atoms with Crippen LogP contribution >= 0.6 is 11.6 Å². The minimum Gasteiger partial charge on any atom is -0.440 e. The Labute approximate surface area is 109 Å². The van der Waals surface area contributed by atoms with Gasteiger partial charge in [-0.15, -0.1) is 0 Å². The molecule has 0 saturated heterocycles. The first-order valence-electron chi connectivity index (χ1n) is 5.86. The van der Waals surface area contributed by atoms with E-state index in [4.69, 9.17) is 16.0 Å². The summed E-state index contributed by atoms with van der Waals surface area (Å²) in [6.45, 7) is 0. The van der Waals surface area contributed by atoms with Crippen LogP contribution in [0.1, 0.15) is 5.56 Å². The van der Waals surface area contributed by atoms with Crippen LogP contribution in [0.2, 0.25) is 0 Å². The Bertz CT molecular complexity index is 736. The van der Waals surface area contributed by atoms with Crippen LogP contribution in [0.3, 0.4) is 0 Å². The summed E-state index contributed by atoms with van der Waals surface area (Å²) < 4.78 is 5.82. The first-order valence-corrected chi connectivity index (χ1v) is 6.24. The molecule has 0 fully saturated rings. The molecule has 2 nitrogen and oxygen atoms in total. The van der Waals surface area contributed by atoms with E-state index in [9.17, 15) is 0 Å². The number of anilines is 1. The average molecular weight is 256 g/mol. The van der Waals surface area contributed by atoms with Crippen molar-refractivity contribution in [2.24, 2.45) is 0 Å². The van der Waals surface area contributed by atoms with E-state index in [2.05, 4.69) is 23.5 Å². The Morgan fingerprint density at radius 3 is 3.06 bits per heavy atom. The quantitative estimate of drug-likeness (QED) is 0.759. The van der Waals surface area contributed by atoms with Crippen molar-refractivity contribution >= 4 is 34.5 Å². The van der Waals surface area contributed by atoms with Gasteiger partial charge in [0, 0.05) is 16.0 Å². The lowest BCUT2D eigenvalue weighted by atomic mass is 9.95. The molecule has 1 unspecified atom stereocenters. The third kappa shape index (κ3) is 1.30. The third-order valence-electron chi connectivity index (χ3n) is 3.37. The van der Waals surface area contributed by atoms with Crippen molar-refractivity contribution in [2.75, 3.05) is 5.32 Å². The second-order valence-corrected chi connectivity index (χ2v) is 4.91. The van der Waals surface area contributed by atoms with Crippen molar-refractivity contribution in [1.29, 1.82) is 0 Å². The molecule has 1 aromatic heterocycles. The van der Waals surface area contributed by atoms with E-state index in [0.29, 0.717) is 0 Å². The summed E-state index contributed by atoms with van der Waals surface area (Å²) in [5, 5.41) is 5.27. The molecular weight excluding hydrogens is 246 g/mol. The van der Waals surface area contributed by atoms with Crippen molar-refractivity contribution in [3.63, 3.8) is 0 Å². The van der Waals surface area contributed by atoms with Crippen molar-refractivity contribution in [3.8, 4) is 0 Å². The molecule has 3 heteroatoms. The second-order valence-electron chi connectivity index (χ2n) is 4.47. The summed E-state index contributed by atoms with van der Waals surface area (Å²) in [7, 11) is 0. The molecule has 0 radical (unpaired) electrons. The van der Waals surface area contributed by atoms with Gasteiger partial charge in [-0.1, -0.05) is 42.0 Å². The average Bonchev–Trinajstić information content (AvgIpc) is 2.75. The van der Waals surface area contributed by atoms with E-state index in [1.165, 1.54) is 5.57 Å². The standard InChI is InChI=1S/C15H10ClNO/c16-12-6-3-4-9-8-11-10-5-1-2-7-13(10)18-15(11)17-14(9)12/h1-8,14,17H. The summed E-state index contributed by atoms with van der Waals surface area (Å²) >= 11 is 6.22. The van der Waals surface area contributed by atoms with Crippen molar-refractivity contribution in [1.82, 2.24) is 0 Å². The van der Waals surface area contributed by atoms with Gasteiger partial charge in [0.25, 0.3) is 0 Å². The Hall–Kier alpha value is -1.93. The molecule has 0 bridgehead atoms. The molecule has 1 aliphatic heterocycles. The maximum Gasteiger partial charge on any atom is 0.202 e. The highest BCUT2D eigenvalue weighted by Gasteiger charge is 2.26. The number of hydrogen-bond acceptors (Lipinski definition) is 2. The summed E-state index contributed by atoms with van der Waals surface area (Å²) in [4.78, 5) is 0. The van der Waals surface area contributed by atoms with Crippen LogP contribution in [-0.2, 0) is 0 Å². The van der Waals surface area contributed by atoms with E-state index in [1.807, 2.05) is 30.4 Å². The summed E-state index contributed by atoms with van der Waals surface area (Å²) in [6.07, 6.45) is 8.10. The SMILES string of the molecule is ClC1=CC=CC2=Cc3c(oc4ccccc34)NC12. The summed E-state index contributed by atoms with van der Waals surface area (Å²) in [5.74, 6) is 0.798. The number of halogens is 1. The number of nitrogens with one attached hydrogen (secondary N) is 1. The maximum atomic E-state index is 6.22. The molecule has 0 spiro atoms. The van der Waals surface area contributed by atoms with Gasteiger partial charge in [-0.3, -0.25) is 0 Å². The number of rotatable bonds is 0. The van der Waals surface area contributed by atoms with Gasteiger partial charge in [0.1, 0.15) is 5.58 Å². The predicted octanol–water partition coefficient (Wildman–Crippen LogP) is 4.30. The fraction of sp³-hybridized carbons (Fsp3) is 0.0667. The van der Waals surface area contributed by atoms with Gasteiger partial charge in [-0.25, -0.2) is 0 Å². The molecule has 1 N–H and O–H groups in total. The highest BCUT2D eigenvalue weighted by molar-refractivity contribution is 6.31. The monoisotopic (exact) mass is 255 g/mol. The fourth-order valence-electron chi connectivity index (χ4n) is 2.50. The van der Waals surface area contributed by atoms with E-state index in [0.717, 1.165) is 27.4 Å². The van der Waals surface area contributed by atoms with E-state index < -0.39 is 0 Å². The normalized spacial score (nSPS) is 20.8. The van der Waals surface area contributed by atoms with E-state index in [-0.39, 0.29) is 6.04 Å². The zero-order valence-electron chi connectivity index (χ0n) is 9.48. The molecule has 1 aliphatic carbocycles. The highest BCUT2D eigenvalue weighted by Crippen LogP contribution is 2.39. The summed E-state index contributed by atoms with van der Waals surface area (Å²) in [6, 6.07) is 8.06. The molecular formula is C15H10ClNO. The van der Waals surface area contributed by atoms with Crippen LogP contribution in [0.5, 0.6) is 0 Å². The van der Waals surface area contributed by atoms with Crippen LogP contribution in [0.25, 0.3) is 17.0 Å². The van der Waals surface area contributed by atoms with Crippen LogP contribution < -0.4 is 5.32 Å². The maximum absolute atomic E-state index is 6.22. The van der Waals surface area contributed by atoms with Gasteiger partial charge >= 0.3 is 0 Å². The number of fused-ring (bicyclic) bond motifs is 4. The Morgan fingerprint density at radius 2 is 2.11 bits per heavy atom. The molecule has 2 aliphatic rings. The van der Waals surface area contributed by atoms with Crippen LogP contribution in [0, 0.1) is 0 Å². The third-order valence-corrected chi connectivity index (χ3v) is 3.72. The molecule has 2 aromatic rings. The zero-order valence-corrected chi connectivity index (χ0v) is 10.2. The molecule has 2 heterocycles. The number of hydrogen-bond donors (Lipinski definition) is 1. The molecule has 88 valence electrons. The van der Waals surface area contributed by atoms with Crippen LogP contribution in [0.4, 0.5) is 5.88 Å². The predicted molar refractivity (Wildman–Crippen MR) is 74.7 cm³/mol. The van der Waals surface area contributed by atoms with Crippen molar-refractivity contribution < 1.29 is 4.42 Å². The Kier molecular flexibility index (Phi) is 1.97. The zero-order chi connectivity index (χ0) is 12.1. The smallest absolute Gasteiger partial charge is 0.202 e. The first-order chi connectivity index (χ1) is 8.83. The van der Waals surface area contributed by atoms with Gasteiger partial charge < -0.3 is 9.73 Å². The molecule has 1 aromatic carbocycles. The lowest BCUT2D eigenvalue weighted by Crippen LogP contribution is -2.25. The number of benzene rings is 1. The van der Waals surface area contributed by atoms with Gasteiger partial charge in [-0.2, -0.15) is 0 Å². The van der Waals surface area contributed by atoms with E-state index >= 15 is 0 Å². The number of para-hydroxylation sites is 1. The minimum absolute atomic E-state index is 0.0183. The largest absolute Gasteiger partial charge is 0.440 e. The lowest BCUT2D eigenvalue weighted by Gasteiger charge is -2.25. The lowest BCUT2D eigenvalue weighted by molar-refractivity contribution is 0.621. The van der Waals surface area contributed by atoms with Gasteiger partial charge in [-0.05, 0) is 23.8 Å². The first kappa shape index (κ1) is 10.0. The van der Waals surface area contributed by atoms with Crippen molar-refractivity contribution in [3.05, 3.63) is 58.7 Å². The van der Waals surface area contributed by atoms with E-state index in [1.54, 1.807) is 0 Å². The fourth-order valence-corrected chi connectivity index (χ4v) is 2.75. The topological polar surface area (TPSA) is 25.2 Å². The molecule has 0 amide bonds. The number of furan rings is 1. The van der Waals surface area contributed by atoms with Gasteiger partial charge in [0.05, 0.1) is 6.04 Å². The molecule has 0 saturated carbocycles.